The quantitative estimate of drug-likeness (QED) is 0.719. The summed E-state index contributed by atoms with van der Waals surface area (Å²) < 4.78 is 0. The van der Waals surface area contributed by atoms with Crippen LogP contribution < -0.4 is 5.32 Å². The van der Waals surface area contributed by atoms with Crippen LogP contribution in [0.4, 0.5) is 0 Å². The highest BCUT2D eigenvalue weighted by Crippen LogP contribution is 2.30. The molecular formula is C11H23NO. The lowest BCUT2D eigenvalue weighted by atomic mass is 9.79. The fourth-order valence-electron chi connectivity index (χ4n) is 1.14. The summed E-state index contributed by atoms with van der Waals surface area (Å²) in [5, 5.41) is 2.70. The van der Waals surface area contributed by atoms with Gasteiger partial charge in [-0.1, -0.05) is 34.6 Å². The van der Waals surface area contributed by atoms with E-state index in [1.807, 2.05) is 13.8 Å². The van der Waals surface area contributed by atoms with E-state index in [9.17, 15) is 4.79 Å². The third kappa shape index (κ3) is 4.91. The Morgan fingerprint density at radius 2 is 1.54 bits per heavy atom. The largest absolute Gasteiger partial charge is 0.359 e. The maximum absolute atomic E-state index is 11.4. The Bertz CT molecular complexity index is 177. The van der Waals surface area contributed by atoms with Gasteiger partial charge in [-0.15, -0.1) is 0 Å². The SMILES string of the molecule is CNC(=O)C(C)(C)CCC(C)(C)C. The summed E-state index contributed by atoms with van der Waals surface area (Å²) in [5.74, 6) is 0.136. The fourth-order valence-corrected chi connectivity index (χ4v) is 1.14. The Hall–Kier alpha value is -0.530. The maximum atomic E-state index is 11.4. The Balaban J connectivity index is 4.11. The maximum Gasteiger partial charge on any atom is 0.225 e. The van der Waals surface area contributed by atoms with Gasteiger partial charge >= 0.3 is 0 Å². The number of carbonyl (C=O) groups is 1. The molecule has 0 aliphatic rings. The molecule has 0 aromatic rings. The van der Waals surface area contributed by atoms with E-state index in [1.54, 1.807) is 7.05 Å². The number of hydrogen-bond donors (Lipinski definition) is 1. The minimum atomic E-state index is -0.234. The number of amides is 1. The molecule has 0 unspecified atom stereocenters. The topological polar surface area (TPSA) is 29.1 Å². The summed E-state index contributed by atoms with van der Waals surface area (Å²) >= 11 is 0. The first-order valence-electron chi connectivity index (χ1n) is 4.91. The molecular weight excluding hydrogens is 162 g/mol. The van der Waals surface area contributed by atoms with Crippen molar-refractivity contribution in [3.8, 4) is 0 Å². The monoisotopic (exact) mass is 185 g/mol. The molecule has 0 bridgehead atoms. The molecule has 0 heterocycles. The Kier molecular flexibility index (Phi) is 3.95. The summed E-state index contributed by atoms with van der Waals surface area (Å²) in [6.07, 6.45) is 2.02. The first-order valence-corrected chi connectivity index (χ1v) is 4.91. The summed E-state index contributed by atoms with van der Waals surface area (Å²) in [6, 6.07) is 0. The van der Waals surface area contributed by atoms with Crippen molar-refractivity contribution < 1.29 is 4.79 Å². The molecule has 0 spiro atoms. The number of carbonyl (C=O) groups excluding carboxylic acids is 1. The van der Waals surface area contributed by atoms with Crippen molar-refractivity contribution in [2.75, 3.05) is 7.05 Å². The summed E-state index contributed by atoms with van der Waals surface area (Å²) in [4.78, 5) is 11.4. The Morgan fingerprint density at radius 3 is 1.85 bits per heavy atom. The highest BCUT2D eigenvalue weighted by molar-refractivity contribution is 5.81. The zero-order chi connectivity index (χ0) is 10.7. The predicted octanol–water partition coefficient (Wildman–Crippen LogP) is 2.58. The van der Waals surface area contributed by atoms with Crippen LogP contribution in [-0.2, 0) is 4.79 Å². The normalized spacial score (nSPS) is 12.8. The number of hydrogen-bond acceptors (Lipinski definition) is 1. The van der Waals surface area contributed by atoms with Crippen molar-refractivity contribution in [2.45, 2.75) is 47.5 Å². The van der Waals surface area contributed by atoms with Crippen LogP contribution in [-0.4, -0.2) is 13.0 Å². The van der Waals surface area contributed by atoms with Crippen LogP contribution >= 0.6 is 0 Å². The molecule has 0 aromatic heterocycles. The van der Waals surface area contributed by atoms with Crippen LogP contribution in [0, 0.1) is 10.8 Å². The average molecular weight is 185 g/mol. The van der Waals surface area contributed by atoms with E-state index in [0.717, 1.165) is 12.8 Å². The van der Waals surface area contributed by atoms with Crippen LogP contribution in [0.1, 0.15) is 47.5 Å². The van der Waals surface area contributed by atoms with Gasteiger partial charge in [0, 0.05) is 12.5 Å². The van der Waals surface area contributed by atoms with Gasteiger partial charge in [0.1, 0.15) is 0 Å². The predicted molar refractivity (Wildman–Crippen MR) is 56.5 cm³/mol. The van der Waals surface area contributed by atoms with Gasteiger partial charge in [-0.25, -0.2) is 0 Å². The molecule has 0 aliphatic heterocycles. The molecule has 1 N–H and O–H groups in total. The second-order valence-electron chi connectivity index (χ2n) is 5.52. The molecule has 0 atom stereocenters. The molecule has 78 valence electrons. The lowest BCUT2D eigenvalue weighted by Gasteiger charge is -2.27. The molecule has 0 fully saturated rings. The third-order valence-electron chi connectivity index (χ3n) is 2.34. The second kappa shape index (κ2) is 4.12. The lowest BCUT2D eigenvalue weighted by Crippen LogP contribution is -2.35. The lowest BCUT2D eigenvalue weighted by molar-refractivity contribution is -0.129. The van der Waals surface area contributed by atoms with Crippen LogP contribution in [0.3, 0.4) is 0 Å². The molecule has 2 heteroatoms. The van der Waals surface area contributed by atoms with Gasteiger partial charge in [0.15, 0.2) is 0 Å². The molecule has 0 aliphatic carbocycles. The summed E-state index contributed by atoms with van der Waals surface area (Å²) in [5.41, 5.74) is 0.0767. The molecule has 0 saturated heterocycles. The summed E-state index contributed by atoms with van der Waals surface area (Å²) in [7, 11) is 1.70. The molecule has 0 radical (unpaired) electrons. The van der Waals surface area contributed by atoms with E-state index in [0.29, 0.717) is 5.41 Å². The van der Waals surface area contributed by atoms with E-state index >= 15 is 0 Å². The van der Waals surface area contributed by atoms with Gasteiger partial charge in [0.2, 0.25) is 5.91 Å². The second-order valence-corrected chi connectivity index (χ2v) is 5.52. The number of nitrogens with one attached hydrogen (secondary N) is 1. The highest BCUT2D eigenvalue weighted by atomic mass is 16.2. The van der Waals surface area contributed by atoms with Crippen molar-refractivity contribution >= 4 is 5.91 Å². The van der Waals surface area contributed by atoms with Gasteiger partial charge in [0.25, 0.3) is 0 Å². The molecule has 1 amide bonds. The van der Waals surface area contributed by atoms with Crippen molar-refractivity contribution in [3.05, 3.63) is 0 Å². The van der Waals surface area contributed by atoms with Gasteiger partial charge in [-0.05, 0) is 18.3 Å². The zero-order valence-corrected chi connectivity index (χ0v) is 9.82. The molecule has 13 heavy (non-hydrogen) atoms. The van der Waals surface area contributed by atoms with Crippen LogP contribution in [0.15, 0.2) is 0 Å². The number of rotatable bonds is 3. The van der Waals surface area contributed by atoms with Gasteiger partial charge in [-0.3, -0.25) is 4.79 Å². The van der Waals surface area contributed by atoms with E-state index in [2.05, 4.69) is 26.1 Å². The fraction of sp³-hybridized carbons (Fsp3) is 0.909. The van der Waals surface area contributed by atoms with E-state index in [-0.39, 0.29) is 11.3 Å². The smallest absolute Gasteiger partial charge is 0.225 e. The van der Waals surface area contributed by atoms with Crippen molar-refractivity contribution in [3.63, 3.8) is 0 Å². The van der Waals surface area contributed by atoms with Gasteiger partial charge in [-0.2, -0.15) is 0 Å². The van der Waals surface area contributed by atoms with E-state index < -0.39 is 0 Å². The first kappa shape index (κ1) is 12.5. The minimum Gasteiger partial charge on any atom is -0.359 e. The summed E-state index contributed by atoms with van der Waals surface area (Å²) in [6.45, 7) is 10.6. The highest BCUT2D eigenvalue weighted by Gasteiger charge is 2.27. The van der Waals surface area contributed by atoms with Crippen molar-refractivity contribution in [1.82, 2.24) is 5.32 Å². The van der Waals surface area contributed by atoms with E-state index in [4.69, 9.17) is 0 Å². The minimum absolute atomic E-state index is 0.136. The van der Waals surface area contributed by atoms with Crippen LogP contribution in [0.25, 0.3) is 0 Å². The van der Waals surface area contributed by atoms with Crippen LogP contribution in [0.5, 0.6) is 0 Å². The Labute approximate surface area is 82.1 Å². The Morgan fingerprint density at radius 1 is 1.08 bits per heavy atom. The molecule has 2 nitrogen and oxygen atoms in total. The standard InChI is InChI=1S/C11H23NO/c1-10(2,3)7-8-11(4,5)9(13)12-6/h7-8H2,1-6H3,(H,12,13). The van der Waals surface area contributed by atoms with Crippen molar-refractivity contribution in [2.24, 2.45) is 10.8 Å². The van der Waals surface area contributed by atoms with Gasteiger partial charge in [0.05, 0.1) is 0 Å². The average Bonchev–Trinajstić information content (AvgIpc) is 1.98. The van der Waals surface area contributed by atoms with E-state index in [1.165, 1.54) is 0 Å². The van der Waals surface area contributed by atoms with Gasteiger partial charge < -0.3 is 5.32 Å². The molecule has 0 saturated carbocycles. The first-order chi connectivity index (χ1) is 5.69. The third-order valence-corrected chi connectivity index (χ3v) is 2.34. The van der Waals surface area contributed by atoms with Crippen molar-refractivity contribution in [1.29, 1.82) is 0 Å². The van der Waals surface area contributed by atoms with Crippen LogP contribution in [0.2, 0.25) is 0 Å². The zero-order valence-electron chi connectivity index (χ0n) is 9.82. The molecule has 0 rings (SSSR count). The molecule has 0 aromatic carbocycles.